The summed E-state index contributed by atoms with van der Waals surface area (Å²) in [6, 6.07) is 11.3. The summed E-state index contributed by atoms with van der Waals surface area (Å²) in [6.45, 7) is 4.56. The predicted octanol–water partition coefficient (Wildman–Crippen LogP) is 4.16. The average molecular weight is 219 g/mol. The summed E-state index contributed by atoms with van der Waals surface area (Å²) in [7, 11) is 2.08. The Morgan fingerprint density at radius 1 is 1.00 bits per heavy atom. The van der Waals surface area contributed by atoms with Crippen molar-refractivity contribution in [3.05, 3.63) is 35.9 Å². The fourth-order valence-electron chi connectivity index (χ4n) is 2.55. The number of nitrogens with one attached hydrogen (secondary N) is 1. The van der Waals surface area contributed by atoms with Crippen LogP contribution in [0.15, 0.2) is 30.3 Å². The van der Waals surface area contributed by atoms with Crippen LogP contribution in [0, 0.1) is 5.92 Å². The Morgan fingerprint density at radius 2 is 1.56 bits per heavy atom. The minimum absolute atomic E-state index is 0.515. The van der Waals surface area contributed by atoms with E-state index >= 15 is 0 Å². The van der Waals surface area contributed by atoms with Gasteiger partial charge in [0.15, 0.2) is 0 Å². The molecule has 1 rings (SSSR count). The minimum Gasteiger partial charge on any atom is -0.313 e. The van der Waals surface area contributed by atoms with Crippen LogP contribution in [0.3, 0.4) is 0 Å². The van der Waals surface area contributed by atoms with Crippen LogP contribution < -0.4 is 5.32 Å². The van der Waals surface area contributed by atoms with Crippen molar-refractivity contribution < 1.29 is 0 Å². The fraction of sp³-hybridized carbons (Fsp3) is 0.600. The number of hydrogen-bond acceptors (Lipinski definition) is 1. The molecule has 0 aliphatic heterocycles. The summed E-state index contributed by atoms with van der Waals surface area (Å²) in [5.74, 6) is 0.766. The summed E-state index contributed by atoms with van der Waals surface area (Å²) >= 11 is 0. The molecule has 0 saturated carbocycles. The maximum absolute atomic E-state index is 3.49. The van der Waals surface area contributed by atoms with Gasteiger partial charge in [0.1, 0.15) is 0 Å². The van der Waals surface area contributed by atoms with E-state index < -0.39 is 0 Å². The third kappa shape index (κ3) is 3.64. The van der Waals surface area contributed by atoms with E-state index in [4.69, 9.17) is 0 Å². The van der Waals surface area contributed by atoms with E-state index in [9.17, 15) is 0 Å². The maximum Gasteiger partial charge on any atom is 0.0346 e. The van der Waals surface area contributed by atoms with Gasteiger partial charge in [0.25, 0.3) is 0 Å². The SMILES string of the molecule is CCCC(CCC)C(NC)c1ccccc1. The minimum atomic E-state index is 0.515. The van der Waals surface area contributed by atoms with Gasteiger partial charge in [-0.15, -0.1) is 0 Å². The molecule has 1 unspecified atom stereocenters. The molecule has 0 spiro atoms. The van der Waals surface area contributed by atoms with E-state index in [0.717, 1.165) is 5.92 Å². The molecule has 1 N–H and O–H groups in total. The molecule has 1 atom stereocenters. The van der Waals surface area contributed by atoms with Crippen molar-refractivity contribution in [3.8, 4) is 0 Å². The molecule has 0 aliphatic carbocycles. The van der Waals surface area contributed by atoms with Gasteiger partial charge in [-0.2, -0.15) is 0 Å². The average Bonchev–Trinajstić information content (AvgIpc) is 2.32. The van der Waals surface area contributed by atoms with Gasteiger partial charge in [-0.05, 0) is 31.4 Å². The van der Waals surface area contributed by atoms with Crippen molar-refractivity contribution in [2.45, 2.75) is 45.6 Å². The van der Waals surface area contributed by atoms with Gasteiger partial charge in [-0.25, -0.2) is 0 Å². The molecule has 90 valence electrons. The van der Waals surface area contributed by atoms with Crippen molar-refractivity contribution in [2.75, 3.05) is 7.05 Å². The lowest BCUT2D eigenvalue weighted by Gasteiger charge is -2.27. The molecule has 0 heterocycles. The number of benzene rings is 1. The molecule has 0 saturated heterocycles. The molecule has 0 bridgehead atoms. The van der Waals surface area contributed by atoms with Crippen LogP contribution >= 0.6 is 0 Å². The lowest BCUT2D eigenvalue weighted by molar-refractivity contribution is 0.331. The van der Waals surface area contributed by atoms with Gasteiger partial charge in [0.2, 0.25) is 0 Å². The van der Waals surface area contributed by atoms with Crippen molar-refractivity contribution in [1.82, 2.24) is 5.32 Å². The standard InChI is InChI=1S/C15H25N/c1-4-9-13(10-5-2)15(16-3)14-11-7-6-8-12-14/h6-8,11-13,15-16H,4-5,9-10H2,1-3H3. The zero-order chi connectivity index (χ0) is 11.8. The molecule has 0 aliphatic rings. The van der Waals surface area contributed by atoms with Crippen molar-refractivity contribution in [1.29, 1.82) is 0 Å². The highest BCUT2D eigenvalue weighted by Gasteiger charge is 2.19. The molecule has 0 fully saturated rings. The Bertz CT molecular complexity index is 262. The van der Waals surface area contributed by atoms with Crippen LogP contribution in [-0.2, 0) is 0 Å². The first-order valence-corrected chi connectivity index (χ1v) is 6.55. The van der Waals surface area contributed by atoms with Crippen LogP contribution in [0.1, 0.15) is 51.1 Å². The second kappa shape index (κ2) is 7.45. The second-order valence-electron chi connectivity index (χ2n) is 4.51. The first-order valence-electron chi connectivity index (χ1n) is 6.55. The Balaban J connectivity index is 2.77. The Morgan fingerprint density at radius 3 is 2.00 bits per heavy atom. The highest BCUT2D eigenvalue weighted by atomic mass is 14.9. The molecule has 1 nitrogen and oxygen atoms in total. The molecule has 1 heteroatoms. The lowest BCUT2D eigenvalue weighted by atomic mass is 9.86. The Kier molecular flexibility index (Phi) is 6.17. The van der Waals surface area contributed by atoms with E-state index in [1.54, 1.807) is 0 Å². The quantitative estimate of drug-likeness (QED) is 0.726. The zero-order valence-electron chi connectivity index (χ0n) is 10.9. The van der Waals surface area contributed by atoms with E-state index in [-0.39, 0.29) is 0 Å². The summed E-state index contributed by atoms with van der Waals surface area (Å²) in [4.78, 5) is 0. The fourth-order valence-corrected chi connectivity index (χ4v) is 2.55. The molecule has 1 aromatic rings. The van der Waals surface area contributed by atoms with Crippen molar-refractivity contribution >= 4 is 0 Å². The third-order valence-corrected chi connectivity index (χ3v) is 3.26. The van der Waals surface area contributed by atoms with Crippen LogP contribution in [0.5, 0.6) is 0 Å². The predicted molar refractivity (Wildman–Crippen MR) is 71.5 cm³/mol. The number of hydrogen-bond donors (Lipinski definition) is 1. The van der Waals surface area contributed by atoms with Gasteiger partial charge < -0.3 is 5.32 Å². The van der Waals surface area contributed by atoms with Crippen LogP contribution in [0.4, 0.5) is 0 Å². The molecule has 16 heavy (non-hydrogen) atoms. The normalized spacial score (nSPS) is 13.0. The maximum atomic E-state index is 3.49. The molecule has 1 aromatic carbocycles. The van der Waals surface area contributed by atoms with E-state index in [1.165, 1.54) is 31.2 Å². The van der Waals surface area contributed by atoms with Crippen LogP contribution in [0.25, 0.3) is 0 Å². The van der Waals surface area contributed by atoms with Gasteiger partial charge >= 0.3 is 0 Å². The van der Waals surface area contributed by atoms with Crippen LogP contribution in [0.2, 0.25) is 0 Å². The first-order chi connectivity index (χ1) is 7.83. The van der Waals surface area contributed by atoms with E-state index in [2.05, 4.69) is 56.5 Å². The molecular weight excluding hydrogens is 194 g/mol. The van der Waals surface area contributed by atoms with Gasteiger partial charge in [-0.3, -0.25) is 0 Å². The number of rotatable bonds is 7. The van der Waals surface area contributed by atoms with E-state index in [1.807, 2.05) is 0 Å². The van der Waals surface area contributed by atoms with E-state index in [0.29, 0.717) is 6.04 Å². The molecule has 0 aromatic heterocycles. The lowest BCUT2D eigenvalue weighted by Crippen LogP contribution is -2.25. The Labute approximate surface area is 100 Å². The highest BCUT2D eigenvalue weighted by molar-refractivity contribution is 5.19. The molecular formula is C15H25N. The first kappa shape index (κ1) is 13.2. The Hall–Kier alpha value is -0.820. The molecule has 0 amide bonds. The summed E-state index contributed by atoms with van der Waals surface area (Å²) in [5.41, 5.74) is 1.43. The van der Waals surface area contributed by atoms with Crippen molar-refractivity contribution in [3.63, 3.8) is 0 Å². The summed E-state index contributed by atoms with van der Waals surface area (Å²) in [5, 5.41) is 3.49. The smallest absolute Gasteiger partial charge is 0.0346 e. The monoisotopic (exact) mass is 219 g/mol. The van der Waals surface area contributed by atoms with Gasteiger partial charge in [-0.1, -0.05) is 57.0 Å². The third-order valence-electron chi connectivity index (χ3n) is 3.26. The van der Waals surface area contributed by atoms with Gasteiger partial charge in [0.05, 0.1) is 0 Å². The van der Waals surface area contributed by atoms with Gasteiger partial charge in [0, 0.05) is 6.04 Å². The topological polar surface area (TPSA) is 12.0 Å². The zero-order valence-corrected chi connectivity index (χ0v) is 10.9. The summed E-state index contributed by atoms with van der Waals surface area (Å²) in [6.07, 6.45) is 5.17. The largest absolute Gasteiger partial charge is 0.313 e. The highest BCUT2D eigenvalue weighted by Crippen LogP contribution is 2.29. The van der Waals surface area contributed by atoms with Crippen LogP contribution in [-0.4, -0.2) is 7.05 Å². The molecule has 0 radical (unpaired) electrons. The van der Waals surface area contributed by atoms with Crippen molar-refractivity contribution in [2.24, 2.45) is 5.92 Å². The second-order valence-corrected chi connectivity index (χ2v) is 4.51. The summed E-state index contributed by atoms with van der Waals surface area (Å²) < 4.78 is 0.